The van der Waals surface area contributed by atoms with E-state index < -0.39 is 5.41 Å². The van der Waals surface area contributed by atoms with Crippen LogP contribution in [0.4, 0.5) is 0 Å². The minimum absolute atomic E-state index is 0.159. The van der Waals surface area contributed by atoms with E-state index in [0.717, 1.165) is 28.4 Å². The van der Waals surface area contributed by atoms with Crippen molar-refractivity contribution in [3.05, 3.63) is 77.4 Å². The largest absolute Gasteiger partial charge is 0.299 e. The van der Waals surface area contributed by atoms with Gasteiger partial charge in [0.25, 0.3) is 0 Å². The molecular weight excluding hydrogens is 348 g/mol. The van der Waals surface area contributed by atoms with Crippen molar-refractivity contribution in [3.8, 4) is 5.69 Å². The molecule has 0 spiro atoms. The third kappa shape index (κ3) is 3.17. The SMILES string of the molecule is Cc1nnc2n1-c1ccccc1C(c1ccccc1)=N[C@H]2CC(=O)C(C)(C)C. The molecule has 5 nitrogen and oxygen atoms in total. The first-order chi connectivity index (χ1) is 13.4. The number of benzene rings is 2. The molecule has 0 radical (unpaired) electrons. The van der Waals surface area contributed by atoms with Crippen molar-refractivity contribution in [1.82, 2.24) is 14.8 Å². The van der Waals surface area contributed by atoms with Gasteiger partial charge in [-0.15, -0.1) is 10.2 Å². The Morgan fingerprint density at radius 3 is 2.39 bits per heavy atom. The molecule has 2 heterocycles. The third-order valence-corrected chi connectivity index (χ3v) is 5.10. The number of aromatic nitrogens is 3. The summed E-state index contributed by atoms with van der Waals surface area (Å²) in [6.45, 7) is 7.76. The van der Waals surface area contributed by atoms with Crippen molar-refractivity contribution in [3.63, 3.8) is 0 Å². The van der Waals surface area contributed by atoms with E-state index in [1.165, 1.54) is 0 Å². The number of carbonyl (C=O) groups excluding carboxylic acids is 1. The first-order valence-electron chi connectivity index (χ1n) is 9.54. The van der Waals surface area contributed by atoms with Crippen molar-refractivity contribution in [2.24, 2.45) is 10.4 Å². The summed E-state index contributed by atoms with van der Waals surface area (Å²) >= 11 is 0. The number of ketones is 1. The second kappa shape index (κ2) is 6.82. The number of hydrogen-bond donors (Lipinski definition) is 0. The highest BCUT2D eigenvalue weighted by Crippen LogP contribution is 2.34. The van der Waals surface area contributed by atoms with E-state index in [0.29, 0.717) is 12.2 Å². The van der Waals surface area contributed by atoms with Gasteiger partial charge in [0.15, 0.2) is 5.82 Å². The van der Waals surface area contributed by atoms with E-state index in [1.807, 2.05) is 62.6 Å². The Morgan fingerprint density at radius 2 is 1.68 bits per heavy atom. The lowest BCUT2D eigenvalue weighted by Gasteiger charge is -2.19. The maximum atomic E-state index is 12.9. The van der Waals surface area contributed by atoms with Gasteiger partial charge in [-0.25, -0.2) is 0 Å². The minimum Gasteiger partial charge on any atom is -0.299 e. The molecule has 1 aliphatic rings. The molecule has 0 aliphatic carbocycles. The highest BCUT2D eigenvalue weighted by molar-refractivity contribution is 6.15. The van der Waals surface area contributed by atoms with Crippen LogP contribution in [0.15, 0.2) is 59.6 Å². The van der Waals surface area contributed by atoms with Crippen LogP contribution in [0.2, 0.25) is 0 Å². The smallest absolute Gasteiger partial charge is 0.162 e. The molecule has 1 atom stereocenters. The Kier molecular flexibility index (Phi) is 4.46. The molecule has 5 heteroatoms. The molecule has 3 aromatic rings. The van der Waals surface area contributed by atoms with Gasteiger partial charge in [-0.3, -0.25) is 14.4 Å². The molecule has 0 saturated heterocycles. The van der Waals surface area contributed by atoms with Crippen molar-refractivity contribution in [2.75, 3.05) is 0 Å². The van der Waals surface area contributed by atoms with Crippen molar-refractivity contribution >= 4 is 11.5 Å². The lowest BCUT2D eigenvalue weighted by molar-refractivity contribution is -0.126. The van der Waals surface area contributed by atoms with Gasteiger partial charge < -0.3 is 0 Å². The lowest BCUT2D eigenvalue weighted by atomic mass is 9.87. The second-order valence-electron chi connectivity index (χ2n) is 8.19. The first kappa shape index (κ1) is 18.3. The summed E-state index contributed by atoms with van der Waals surface area (Å²) in [6.07, 6.45) is 0.298. The van der Waals surface area contributed by atoms with Crippen LogP contribution >= 0.6 is 0 Å². The Morgan fingerprint density at radius 1 is 1.00 bits per heavy atom. The summed E-state index contributed by atoms with van der Waals surface area (Å²) in [4.78, 5) is 17.9. The Hall–Kier alpha value is -3.08. The number of carbonyl (C=O) groups is 1. The van der Waals surface area contributed by atoms with Gasteiger partial charge in [-0.05, 0) is 13.0 Å². The number of fused-ring (bicyclic) bond motifs is 3. The summed E-state index contributed by atoms with van der Waals surface area (Å²) < 4.78 is 2.04. The highest BCUT2D eigenvalue weighted by atomic mass is 16.1. The molecule has 0 N–H and O–H groups in total. The fraction of sp³-hybridized carbons (Fsp3) is 0.304. The zero-order valence-corrected chi connectivity index (χ0v) is 16.7. The normalized spacial score (nSPS) is 16.0. The van der Waals surface area contributed by atoms with Gasteiger partial charge in [-0.1, -0.05) is 69.3 Å². The van der Waals surface area contributed by atoms with E-state index in [-0.39, 0.29) is 11.8 Å². The summed E-state index contributed by atoms with van der Waals surface area (Å²) in [7, 11) is 0. The first-order valence-corrected chi connectivity index (χ1v) is 9.54. The Bertz CT molecular complexity index is 1060. The van der Waals surface area contributed by atoms with Crippen LogP contribution in [0.3, 0.4) is 0 Å². The molecule has 1 aromatic heterocycles. The van der Waals surface area contributed by atoms with E-state index in [2.05, 4.69) is 34.5 Å². The van der Waals surface area contributed by atoms with Gasteiger partial charge in [0.1, 0.15) is 17.6 Å². The van der Waals surface area contributed by atoms with Crippen LogP contribution in [-0.2, 0) is 4.79 Å². The molecule has 28 heavy (non-hydrogen) atoms. The zero-order valence-electron chi connectivity index (χ0n) is 16.7. The third-order valence-electron chi connectivity index (χ3n) is 5.10. The van der Waals surface area contributed by atoms with Gasteiger partial charge in [0, 0.05) is 23.0 Å². The molecule has 0 fully saturated rings. The molecule has 142 valence electrons. The lowest BCUT2D eigenvalue weighted by Crippen LogP contribution is -2.23. The molecule has 0 unspecified atom stereocenters. The summed E-state index contributed by atoms with van der Waals surface area (Å²) in [5.74, 6) is 1.67. The van der Waals surface area contributed by atoms with Gasteiger partial charge in [0.2, 0.25) is 0 Å². The van der Waals surface area contributed by atoms with Crippen LogP contribution in [0, 0.1) is 12.3 Å². The number of aryl methyl sites for hydroxylation is 1. The molecule has 2 aromatic carbocycles. The summed E-state index contributed by atoms with van der Waals surface area (Å²) in [5, 5.41) is 8.70. The quantitative estimate of drug-likeness (QED) is 0.681. The number of nitrogens with zero attached hydrogens (tertiary/aromatic N) is 4. The average molecular weight is 372 g/mol. The maximum absolute atomic E-state index is 12.9. The van der Waals surface area contributed by atoms with E-state index in [1.54, 1.807) is 0 Å². The molecular formula is C23H24N4O. The van der Waals surface area contributed by atoms with E-state index >= 15 is 0 Å². The van der Waals surface area contributed by atoms with Crippen LogP contribution < -0.4 is 0 Å². The molecule has 1 aliphatic heterocycles. The topological polar surface area (TPSA) is 60.1 Å². The number of rotatable bonds is 3. The molecule has 0 saturated carbocycles. The Labute approximate surface area is 165 Å². The predicted molar refractivity (Wildman–Crippen MR) is 110 cm³/mol. The van der Waals surface area contributed by atoms with Crippen LogP contribution in [0.1, 0.15) is 56.0 Å². The fourth-order valence-corrected chi connectivity index (χ4v) is 3.49. The number of aliphatic imine (C=N–C) groups is 1. The maximum Gasteiger partial charge on any atom is 0.162 e. The van der Waals surface area contributed by atoms with Gasteiger partial charge in [0.05, 0.1) is 11.4 Å². The molecule has 4 rings (SSSR count). The van der Waals surface area contributed by atoms with Crippen LogP contribution in [-0.4, -0.2) is 26.3 Å². The van der Waals surface area contributed by atoms with Crippen molar-refractivity contribution in [1.29, 1.82) is 0 Å². The average Bonchev–Trinajstić information content (AvgIpc) is 2.99. The van der Waals surface area contributed by atoms with Gasteiger partial charge >= 0.3 is 0 Å². The van der Waals surface area contributed by atoms with Crippen LogP contribution in [0.5, 0.6) is 0 Å². The Balaban J connectivity index is 1.94. The highest BCUT2D eigenvalue weighted by Gasteiger charge is 2.32. The number of Topliss-reactive ketones (excluding diaryl/α,β-unsaturated/α-hetero) is 1. The van der Waals surface area contributed by atoms with Crippen molar-refractivity contribution < 1.29 is 4.79 Å². The van der Waals surface area contributed by atoms with E-state index in [4.69, 9.17) is 4.99 Å². The fourth-order valence-electron chi connectivity index (χ4n) is 3.49. The number of hydrogen-bond acceptors (Lipinski definition) is 4. The van der Waals surface area contributed by atoms with E-state index in [9.17, 15) is 4.79 Å². The predicted octanol–water partition coefficient (Wildman–Crippen LogP) is 4.47. The van der Waals surface area contributed by atoms with Crippen molar-refractivity contribution in [2.45, 2.75) is 40.2 Å². The van der Waals surface area contributed by atoms with Gasteiger partial charge in [-0.2, -0.15) is 0 Å². The standard InChI is InChI=1S/C23H24N4O/c1-15-25-26-22-18(14-20(28)23(2,3)4)24-21(16-10-6-5-7-11-16)17-12-8-9-13-19(17)27(15)22/h5-13,18H,14H2,1-4H3/t18-/m0/s1. The monoisotopic (exact) mass is 372 g/mol. The second-order valence-corrected chi connectivity index (χ2v) is 8.19. The van der Waals surface area contributed by atoms with Crippen LogP contribution in [0.25, 0.3) is 5.69 Å². The summed E-state index contributed by atoms with van der Waals surface area (Å²) in [5.41, 5.74) is 3.49. The summed E-state index contributed by atoms with van der Waals surface area (Å²) in [6, 6.07) is 17.9. The molecule has 0 amide bonds. The minimum atomic E-state index is -0.429. The molecule has 0 bridgehead atoms. The zero-order chi connectivity index (χ0) is 19.9. The number of para-hydroxylation sites is 1.